The third-order valence-electron chi connectivity index (χ3n) is 2.37. The molecule has 0 spiro atoms. The maximum absolute atomic E-state index is 13.0. The Kier molecular flexibility index (Phi) is 3.64. The summed E-state index contributed by atoms with van der Waals surface area (Å²) >= 11 is 5.70. The normalized spacial score (nSPS) is 11.3. The zero-order chi connectivity index (χ0) is 14.0. The van der Waals surface area contributed by atoms with E-state index in [4.69, 9.17) is 17.3 Å². The molecule has 0 aliphatic rings. The van der Waals surface area contributed by atoms with Crippen LogP contribution in [0.1, 0.15) is 0 Å². The van der Waals surface area contributed by atoms with Crippen molar-refractivity contribution in [1.29, 1.82) is 0 Å². The van der Waals surface area contributed by atoms with E-state index in [-0.39, 0.29) is 10.6 Å². The van der Waals surface area contributed by atoms with Gasteiger partial charge in [0, 0.05) is 10.7 Å². The van der Waals surface area contributed by atoms with Crippen LogP contribution in [0.15, 0.2) is 47.4 Å². The molecule has 0 aliphatic heterocycles. The van der Waals surface area contributed by atoms with Crippen molar-refractivity contribution >= 4 is 33.0 Å². The molecule has 0 bridgehead atoms. The first-order valence-corrected chi connectivity index (χ1v) is 7.08. The van der Waals surface area contributed by atoms with Crippen LogP contribution in [-0.2, 0) is 10.0 Å². The van der Waals surface area contributed by atoms with Crippen molar-refractivity contribution in [2.24, 2.45) is 0 Å². The van der Waals surface area contributed by atoms with E-state index in [1.807, 2.05) is 0 Å². The molecule has 0 saturated heterocycles. The standard InChI is InChI=1S/C12H10ClFN2O2S/c13-8-1-3-9(4-2-8)16-19(17,18)10-5-6-11(14)12(15)7-10/h1-7,16H,15H2. The SMILES string of the molecule is Nc1cc(S(=O)(=O)Nc2ccc(Cl)cc2)ccc1F. The van der Waals surface area contributed by atoms with Gasteiger partial charge < -0.3 is 5.73 Å². The molecule has 2 aromatic carbocycles. The lowest BCUT2D eigenvalue weighted by Gasteiger charge is -2.08. The Balaban J connectivity index is 2.32. The predicted octanol–water partition coefficient (Wildman–Crippen LogP) is 2.86. The molecule has 0 aromatic heterocycles. The number of nitrogens with one attached hydrogen (secondary N) is 1. The second-order valence-corrected chi connectivity index (χ2v) is 5.91. The zero-order valence-corrected chi connectivity index (χ0v) is 11.2. The maximum Gasteiger partial charge on any atom is 0.261 e. The minimum Gasteiger partial charge on any atom is -0.396 e. The van der Waals surface area contributed by atoms with Crippen molar-refractivity contribution in [3.63, 3.8) is 0 Å². The Labute approximate surface area is 115 Å². The van der Waals surface area contributed by atoms with Crippen LogP contribution in [0.5, 0.6) is 0 Å². The van der Waals surface area contributed by atoms with Gasteiger partial charge in [-0.2, -0.15) is 0 Å². The molecular formula is C12H10ClFN2O2S. The fourth-order valence-electron chi connectivity index (χ4n) is 1.42. The van der Waals surface area contributed by atoms with Gasteiger partial charge in [0.25, 0.3) is 10.0 Å². The van der Waals surface area contributed by atoms with Crippen molar-refractivity contribution < 1.29 is 12.8 Å². The van der Waals surface area contributed by atoms with Gasteiger partial charge in [-0.3, -0.25) is 4.72 Å². The fourth-order valence-corrected chi connectivity index (χ4v) is 2.64. The third-order valence-corrected chi connectivity index (χ3v) is 4.01. The van der Waals surface area contributed by atoms with Gasteiger partial charge in [0.2, 0.25) is 0 Å². The van der Waals surface area contributed by atoms with E-state index < -0.39 is 15.8 Å². The summed E-state index contributed by atoms with van der Waals surface area (Å²) < 4.78 is 39.4. The van der Waals surface area contributed by atoms with E-state index in [0.29, 0.717) is 10.7 Å². The van der Waals surface area contributed by atoms with Gasteiger partial charge in [0.05, 0.1) is 10.6 Å². The number of anilines is 2. The molecule has 7 heteroatoms. The van der Waals surface area contributed by atoms with Gasteiger partial charge >= 0.3 is 0 Å². The lowest BCUT2D eigenvalue weighted by Crippen LogP contribution is -2.13. The first-order chi connectivity index (χ1) is 8.88. The molecule has 2 rings (SSSR count). The fraction of sp³-hybridized carbons (Fsp3) is 0. The first kappa shape index (κ1) is 13.6. The molecule has 0 saturated carbocycles. The zero-order valence-electron chi connectivity index (χ0n) is 9.60. The summed E-state index contributed by atoms with van der Waals surface area (Å²) in [4.78, 5) is -0.110. The number of rotatable bonds is 3. The van der Waals surface area contributed by atoms with Crippen LogP contribution < -0.4 is 10.5 Å². The Morgan fingerprint density at radius 3 is 2.32 bits per heavy atom. The van der Waals surface area contributed by atoms with Crippen LogP contribution in [0.25, 0.3) is 0 Å². The Morgan fingerprint density at radius 1 is 1.11 bits per heavy atom. The largest absolute Gasteiger partial charge is 0.396 e. The highest BCUT2D eigenvalue weighted by molar-refractivity contribution is 7.92. The molecule has 2 aromatic rings. The van der Waals surface area contributed by atoms with Crippen LogP contribution in [0.2, 0.25) is 5.02 Å². The molecule has 0 fully saturated rings. The minimum absolute atomic E-state index is 0.110. The number of halogens is 2. The van der Waals surface area contributed by atoms with Crippen LogP contribution in [0.4, 0.5) is 15.8 Å². The maximum atomic E-state index is 13.0. The molecule has 0 atom stereocenters. The quantitative estimate of drug-likeness (QED) is 0.856. The lowest BCUT2D eigenvalue weighted by atomic mass is 10.3. The number of sulfonamides is 1. The molecule has 0 radical (unpaired) electrons. The van der Waals surface area contributed by atoms with Crippen LogP contribution >= 0.6 is 11.6 Å². The first-order valence-electron chi connectivity index (χ1n) is 5.22. The summed E-state index contributed by atoms with van der Waals surface area (Å²) in [5.74, 6) is -0.662. The second-order valence-electron chi connectivity index (χ2n) is 3.80. The molecule has 3 N–H and O–H groups in total. The minimum atomic E-state index is -3.81. The van der Waals surface area contributed by atoms with E-state index in [0.717, 1.165) is 18.2 Å². The summed E-state index contributed by atoms with van der Waals surface area (Å²) in [6.45, 7) is 0. The van der Waals surface area contributed by atoms with Crippen LogP contribution in [0.3, 0.4) is 0 Å². The highest BCUT2D eigenvalue weighted by atomic mass is 35.5. The summed E-state index contributed by atoms with van der Waals surface area (Å²) in [5.41, 5.74) is 5.48. The summed E-state index contributed by atoms with van der Waals surface area (Å²) in [7, 11) is -3.81. The third kappa shape index (κ3) is 3.15. The monoisotopic (exact) mass is 300 g/mol. The van der Waals surface area contributed by atoms with E-state index in [1.165, 1.54) is 12.1 Å². The van der Waals surface area contributed by atoms with Crippen molar-refractivity contribution in [2.45, 2.75) is 4.90 Å². The lowest BCUT2D eigenvalue weighted by molar-refractivity contribution is 0.600. The average Bonchev–Trinajstić information content (AvgIpc) is 2.35. The predicted molar refractivity (Wildman–Crippen MR) is 73.1 cm³/mol. The molecule has 0 aliphatic carbocycles. The van der Waals surface area contributed by atoms with E-state index in [1.54, 1.807) is 12.1 Å². The number of hydrogen-bond acceptors (Lipinski definition) is 3. The van der Waals surface area contributed by atoms with Gasteiger partial charge in [0.15, 0.2) is 0 Å². The molecule has 100 valence electrons. The number of nitrogen functional groups attached to an aromatic ring is 1. The smallest absolute Gasteiger partial charge is 0.261 e. The van der Waals surface area contributed by atoms with Crippen molar-refractivity contribution in [3.8, 4) is 0 Å². The van der Waals surface area contributed by atoms with Crippen LogP contribution in [0, 0.1) is 5.82 Å². The number of nitrogens with two attached hydrogens (primary N) is 1. The van der Waals surface area contributed by atoms with Gasteiger partial charge in [-0.15, -0.1) is 0 Å². The van der Waals surface area contributed by atoms with E-state index in [2.05, 4.69) is 4.72 Å². The van der Waals surface area contributed by atoms with Crippen molar-refractivity contribution in [2.75, 3.05) is 10.5 Å². The van der Waals surface area contributed by atoms with Crippen molar-refractivity contribution in [1.82, 2.24) is 0 Å². The molecule has 0 unspecified atom stereocenters. The Morgan fingerprint density at radius 2 is 1.74 bits per heavy atom. The highest BCUT2D eigenvalue weighted by Crippen LogP contribution is 2.21. The van der Waals surface area contributed by atoms with Crippen molar-refractivity contribution in [3.05, 3.63) is 53.3 Å². The summed E-state index contributed by atoms with van der Waals surface area (Å²) in [6, 6.07) is 9.36. The topological polar surface area (TPSA) is 72.2 Å². The summed E-state index contributed by atoms with van der Waals surface area (Å²) in [5, 5.41) is 0.494. The summed E-state index contributed by atoms with van der Waals surface area (Å²) in [6.07, 6.45) is 0. The molecule has 0 amide bonds. The van der Waals surface area contributed by atoms with E-state index >= 15 is 0 Å². The Bertz CT molecular complexity index is 702. The molecular weight excluding hydrogens is 291 g/mol. The molecule has 19 heavy (non-hydrogen) atoms. The van der Waals surface area contributed by atoms with Crippen LogP contribution in [-0.4, -0.2) is 8.42 Å². The van der Waals surface area contributed by atoms with Gasteiger partial charge in [-0.1, -0.05) is 11.6 Å². The van der Waals surface area contributed by atoms with Gasteiger partial charge in [0.1, 0.15) is 5.82 Å². The average molecular weight is 301 g/mol. The molecule has 4 nitrogen and oxygen atoms in total. The second kappa shape index (κ2) is 5.07. The number of benzene rings is 2. The number of hydrogen-bond donors (Lipinski definition) is 2. The highest BCUT2D eigenvalue weighted by Gasteiger charge is 2.15. The molecule has 0 heterocycles. The van der Waals surface area contributed by atoms with Gasteiger partial charge in [-0.05, 0) is 42.5 Å². The Hall–Kier alpha value is -1.79. The van der Waals surface area contributed by atoms with Gasteiger partial charge in [-0.25, -0.2) is 12.8 Å². The van der Waals surface area contributed by atoms with E-state index in [9.17, 15) is 12.8 Å².